The maximum Gasteiger partial charge on any atom is 0.354 e. The summed E-state index contributed by atoms with van der Waals surface area (Å²) >= 11 is 0. The van der Waals surface area contributed by atoms with Gasteiger partial charge in [-0.25, -0.2) is 14.6 Å². The van der Waals surface area contributed by atoms with Crippen molar-refractivity contribution in [3.05, 3.63) is 24.0 Å². The molecular weight excluding hydrogens is 264 g/mol. The van der Waals surface area contributed by atoms with Gasteiger partial charge in [0.2, 0.25) is 5.91 Å². The molecule has 2 rings (SSSR count). The van der Waals surface area contributed by atoms with Gasteiger partial charge < -0.3 is 21.1 Å². The molecule has 1 unspecified atom stereocenters. The third kappa shape index (κ3) is 3.02. The summed E-state index contributed by atoms with van der Waals surface area (Å²) in [6, 6.07) is 2.39. The number of anilines is 1. The summed E-state index contributed by atoms with van der Waals surface area (Å²) in [4.78, 5) is 38.8. The zero-order valence-electron chi connectivity index (χ0n) is 10.6. The first-order valence-electron chi connectivity index (χ1n) is 6.02. The Morgan fingerprint density at radius 3 is 2.65 bits per heavy atom. The number of nitrogens with zero attached hydrogens (tertiary/aromatic N) is 2. The van der Waals surface area contributed by atoms with Crippen molar-refractivity contribution in [2.45, 2.75) is 6.42 Å². The predicted octanol–water partition coefficient (Wildman–Crippen LogP) is 0.119. The zero-order valence-corrected chi connectivity index (χ0v) is 10.6. The number of aromatic carboxylic acids is 1. The quantitative estimate of drug-likeness (QED) is 0.724. The number of hydrogen-bond donors (Lipinski definition) is 3. The summed E-state index contributed by atoms with van der Waals surface area (Å²) in [5.74, 6) is -1.85. The van der Waals surface area contributed by atoms with Crippen LogP contribution < -0.4 is 11.1 Å². The summed E-state index contributed by atoms with van der Waals surface area (Å²) in [6.45, 7) is 0.752. The maximum absolute atomic E-state index is 11.9. The van der Waals surface area contributed by atoms with Crippen molar-refractivity contribution >= 4 is 23.6 Å². The standard InChI is InChI=1S/C12H14N4O4/c13-10(17)7-3-4-16(6-7)12(20)15-8-1-2-9(11(18)19)14-5-8/h1-2,5,7H,3-4,6H2,(H2,13,17)(H,15,20)(H,18,19). The minimum atomic E-state index is -1.13. The fraction of sp³-hybridized carbons (Fsp3) is 0.333. The van der Waals surface area contributed by atoms with Gasteiger partial charge >= 0.3 is 12.0 Å². The van der Waals surface area contributed by atoms with Crippen LogP contribution in [0, 0.1) is 5.92 Å². The molecule has 0 spiro atoms. The molecule has 1 aliphatic rings. The SMILES string of the molecule is NC(=O)C1CCN(C(=O)Nc2ccc(C(=O)O)nc2)C1. The number of nitrogens with one attached hydrogen (secondary N) is 1. The second kappa shape index (κ2) is 5.55. The van der Waals surface area contributed by atoms with Crippen molar-refractivity contribution in [3.8, 4) is 0 Å². The van der Waals surface area contributed by atoms with Gasteiger partial charge in [0, 0.05) is 13.1 Å². The average molecular weight is 278 g/mol. The number of carboxylic acids is 1. The number of aromatic nitrogens is 1. The Labute approximate surface area is 114 Å². The van der Waals surface area contributed by atoms with Crippen molar-refractivity contribution in [2.24, 2.45) is 11.7 Å². The van der Waals surface area contributed by atoms with E-state index in [0.29, 0.717) is 25.2 Å². The third-order valence-corrected chi connectivity index (χ3v) is 3.11. The molecule has 1 aromatic rings. The van der Waals surface area contributed by atoms with Crippen LogP contribution >= 0.6 is 0 Å². The molecule has 1 aliphatic heterocycles. The highest BCUT2D eigenvalue weighted by atomic mass is 16.4. The van der Waals surface area contributed by atoms with Crippen molar-refractivity contribution in [1.82, 2.24) is 9.88 Å². The van der Waals surface area contributed by atoms with Crippen molar-refractivity contribution in [1.29, 1.82) is 0 Å². The number of primary amides is 1. The first kappa shape index (κ1) is 13.8. The fourth-order valence-corrected chi connectivity index (χ4v) is 1.97. The maximum atomic E-state index is 11.9. The number of nitrogens with two attached hydrogens (primary N) is 1. The van der Waals surface area contributed by atoms with Gasteiger partial charge in [0.25, 0.3) is 0 Å². The van der Waals surface area contributed by atoms with Crippen LogP contribution in [0.25, 0.3) is 0 Å². The molecule has 0 aliphatic carbocycles. The molecule has 0 radical (unpaired) electrons. The van der Waals surface area contributed by atoms with Crippen LogP contribution in [0.15, 0.2) is 18.3 Å². The number of carboxylic acid groups (broad SMARTS) is 1. The Balaban J connectivity index is 1.95. The van der Waals surface area contributed by atoms with E-state index < -0.39 is 11.9 Å². The Kier molecular flexibility index (Phi) is 3.83. The highest BCUT2D eigenvalue weighted by Gasteiger charge is 2.29. The van der Waals surface area contributed by atoms with Crippen molar-refractivity contribution < 1.29 is 19.5 Å². The van der Waals surface area contributed by atoms with E-state index in [9.17, 15) is 14.4 Å². The molecule has 2 heterocycles. The van der Waals surface area contributed by atoms with Gasteiger partial charge in [-0.1, -0.05) is 0 Å². The van der Waals surface area contributed by atoms with Crippen LogP contribution in [0.2, 0.25) is 0 Å². The van der Waals surface area contributed by atoms with Crippen LogP contribution in [0.1, 0.15) is 16.9 Å². The van der Waals surface area contributed by atoms with Gasteiger partial charge in [-0.15, -0.1) is 0 Å². The summed E-state index contributed by atoms with van der Waals surface area (Å²) in [6.07, 6.45) is 1.82. The van der Waals surface area contributed by atoms with Crippen molar-refractivity contribution in [3.63, 3.8) is 0 Å². The predicted molar refractivity (Wildman–Crippen MR) is 69.1 cm³/mol. The molecule has 8 nitrogen and oxygen atoms in total. The first-order chi connectivity index (χ1) is 9.47. The Morgan fingerprint density at radius 2 is 2.15 bits per heavy atom. The monoisotopic (exact) mass is 278 g/mol. The van der Waals surface area contributed by atoms with Crippen LogP contribution in [0.4, 0.5) is 10.5 Å². The van der Waals surface area contributed by atoms with E-state index in [1.807, 2.05) is 0 Å². The van der Waals surface area contributed by atoms with Gasteiger partial charge in [0.1, 0.15) is 5.69 Å². The van der Waals surface area contributed by atoms with E-state index >= 15 is 0 Å². The van der Waals surface area contributed by atoms with E-state index in [-0.39, 0.29) is 17.6 Å². The molecule has 0 saturated carbocycles. The number of rotatable bonds is 3. The van der Waals surface area contributed by atoms with Gasteiger partial charge in [-0.3, -0.25) is 4.79 Å². The summed E-state index contributed by atoms with van der Waals surface area (Å²) in [5.41, 5.74) is 5.49. The van der Waals surface area contributed by atoms with Gasteiger partial charge in [-0.05, 0) is 18.6 Å². The lowest BCUT2D eigenvalue weighted by Crippen LogP contribution is -2.34. The van der Waals surface area contributed by atoms with Crippen molar-refractivity contribution in [2.75, 3.05) is 18.4 Å². The van der Waals surface area contributed by atoms with Gasteiger partial charge in [0.05, 0.1) is 17.8 Å². The summed E-state index contributed by atoms with van der Waals surface area (Å²) < 4.78 is 0. The zero-order chi connectivity index (χ0) is 14.7. The molecule has 0 aromatic carbocycles. The van der Waals surface area contributed by atoms with E-state index in [0.717, 1.165) is 0 Å². The molecule has 0 bridgehead atoms. The largest absolute Gasteiger partial charge is 0.477 e. The topological polar surface area (TPSA) is 126 Å². The molecule has 1 atom stereocenters. The van der Waals surface area contributed by atoms with E-state index in [2.05, 4.69) is 10.3 Å². The molecule has 106 valence electrons. The number of amides is 3. The molecule has 4 N–H and O–H groups in total. The summed E-state index contributed by atoms with van der Waals surface area (Å²) in [5, 5.41) is 11.3. The fourth-order valence-electron chi connectivity index (χ4n) is 1.97. The molecule has 20 heavy (non-hydrogen) atoms. The lowest BCUT2D eigenvalue weighted by Gasteiger charge is -2.16. The van der Waals surface area contributed by atoms with Gasteiger partial charge in [0.15, 0.2) is 0 Å². The molecule has 3 amide bonds. The summed E-state index contributed by atoms with van der Waals surface area (Å²) in [7, 11) is 0. The second-order valence-corrected chi connectivity index (χ2v) is 4.50. The molecular formula is C12H14N4O4. The number of pyridine rings is 1. The first-order valence-corrected chi connectivity index (χ1v) is 6.02. The lowest BCUT2D eigenvalue weighted by atomic mass is 10.1. The highest BCUT2D eigenvalue weighted by Crippen LogP contribution is 2.17. The normalized spacial score (nSPS) is 17.8. The van der Waals surface area contributed by atoms with Crippen LogP contribution in [0.3, 0.4) is 0 Å². The van der Waals surface area contributed by atoms with E-state index in [4.69, 9.17) is 10.8 Å². The number of likely N-dealkylation sites (tertiary alicyclic amines) is 1. The van der Waals surface area contributed by atoms with E-state index in [1.165, 1.54) is 23.2 Å². The highest BCUT2D eigenvalue weighted by molar-refractivity contribution is 5.91. The minimum absolute atomic E-state index is 0.0991. The number of carbonyl (C=O) groups excluding carboxylic acids is 2. The molecule has 8 heteroatoms. The lowest BCUT2D eigenvalue weighted by molar-refractivity contribution is -0.121. The number of carbonyl (C=O) groups is 3. The van der Waals surface area contributed by atoms with E-state index in [1.54, 1.807) is 0 Å². The van der Waals surface area contributed by atoms with Gasteiger partial charge in [-0.2, -0.15) is 0 Å². The van der Waals surface area contributed by atoms with Crippen LogP contribution in [-0.2, 0) is 4.79 Å². The number of hydrogen-bond acceptors (Lipinski definition) is 4. The second-order valence-electron chi connectivity index (χ2n) is 4.50. The van der Waals surface area contributed by atoms with Crippen LogP contribution in [-0.4, -0.2) is 46.0 Å². The number of urea groups is 1. The molecule has 1 aromatic heterocycles. The Morgan fingerprint density at radius 1 is 1.40 bits per heavy atom. The third-order valence-electron chi connectivity index (χ3n) is 3.11. The molecule has 1 saturated heterocycles. The minimum Gasteiger partial charge on any atom is -0.477 e. The Hall–Kier alpha value is -2.64. The average Bonchev–Trinajstić information content (AvgIpc) is 2.89. The Bertz CT molecular complexity index is 543. The van der Waals surface area contributed by atoms with Crippen LogP contribution in [0.5, 0.6) is 0 Å². The smallest absolute Gasteiger partial charge is 0.354 e. The molecule has 1 fully saturated rings.